The van der Waals surface area contributed by atoms with Crippen molar-refractivity contribution in [2.45, 2.75) is 79.1 Å². The lowest BCUT2D eigenvalue weighted by Gasteiger charge is -2.46. The average Bonchev–Trinajstić information content (AvgIpc) is 2.99. The maximum Gasteiger partial charge on any atom is 0.0159 e. The van der Waals surface area contributed by atoms with Crippen LogP contribution < -0.4 is 10.4 Å². The molecule has 0 aromatic heterocycles. The molecule has 1 unspecified atom stereocenters. The molecule has 1 atom stereocenters. The highest BCUT2D eigenvalue weighted by atomic mass is 14.6. The molecule has 6 rings (SSSR count). The van der Waals surface area contributed by atoms with Crippen molar-refractivity contribution in [2.24, 2.45) is 10.8 Å². The number of rotatable bonds is 2. The first-order valence-electron chi connectivity index (χ1n) is 13.6. The topological polar surface area (TPSA) is 0 Å². The molecule has 0 nitrogen and oxygen atoms in total. The van der Waals surface area contributed by atoms with E-state index in [9.17, 15) is 0 Å². The summed E-state index contributed by atoms with van der Waals surface area (Å²) in [6.45, 7) is 23.6. The van der Waals surface area contributed by atoms with Gasteiger partial charge in [0.05, 0.1) is 0 Å². The fourth-order valence-corrected chi connectivity index (χ4v) is 7.84. The quantitative estimate of drug-likeness (QED) is 0.417. The van der Waals surface area contributed by atoms with Crippen LogP contribution in [-0.4, -0.2) is 0 Å². The molecule has 0 aliphatic heterocycles. The third kappa shape index (κ3) is 2.71. The zero-order valence-corrected chi connectivity index (χ0v) is 23.4. The van der Waals surface area contributed by atoms with Gasteiger partial charge in [-0.25, -0.2) is 0 Å². The van der Waals surface area contributed by atoms with Gasteiger partial charge < -0.3 is 0 Å². The molecule has 0 heterocycles. The van der Waals surface area contributed by atoms with Gasteiger partial charge in [0, 0.05) is 16.2 Å². The lowest BCUT2D eigenvalue weighted by molar-refractivity contribution is 0.269. The molecule has 0 heteroatoms. The average molecular weight is 473 g/mol. The molecule has 4 aliphatic rings. The van der Waals surface area contributed by atoms with Gasteiger partial charge in [-0.15, -0.1) is 0 Å². The second kappa shape index (κ2) is 7.12. The summed E-state index contributed by atoms with van der Waals surface area (Å²) < 4.78 is 0. The molecular weight excluding hydrogens is 432 g/mol. The third-order valence-corrected chi connectivity index (χ3v) is 10.4. The van der Waals surface area contributed by atoms with E-state index in [-0.39, 0.29) is 21.7 Å². The van der Waals surface area contributed by atoms with Crippen molar-refractivity contribution in [2.75, 3.05) is 0 Å². The first-order valence-corrected chi connectivity index (χ1v) is 13.6. The molecule has 2 aromatic rings. The van der Waals surface area contributed by atoms with E-state index in [2.05, 4.69) is 117 Å². The molecule has 4 aliphatic carbocycles. The molecule has 0 radical (unpaired) electrons. The number of hydrogen-bond donors (Lipinski definition) is 0. The van der Waals surface area contributed by atoms with Crippen LogP contribution in [0.4, 0.5) is 0 Å². The Kier molecular flexibility index (Phi) is 4.66. The molecule has 0 fully saturated rings. The SMILES string of the molecule is C=C/C=C1\C2=C3c4c(cc(C5=c6ccccc6=CCC5(C)C)cc4C(C)(C)C3(C)CC=C2C)C1(C)C. The summed E-state index contributed by atoms with van der Waals surface area (Å²) >= 11 is 0. The van der Waals surface area contributed by atoms with Gasteiger partial charge in [0.2, 0.25) is 0 Å². The molecule has 0 amide bonds. The molecule has 2 aromatic carbocycles. The molecule has 36 heavy (non-hydrogen) atoms. The van der Waals surface area contributed by atoms with Crippen LogP contribution in [0.25, 0.3) is 17.2 Å². The van der Waals surface area contributed by atoms with Crippen LogP contribution in [0.2, 0.25) is 0 Å². The maximum atomic E-state index is 4.13. The molecule has 0 N–H and O–H groups in total. The maximum absolute atomic E-state index is 4.13. The van der Waals surface area contributed by atoms with Crippen LogP contribution in [-0.2, 0) is 10.8 Å². The van der Waals surface area contributed by atoms with Crippen molar-refractivity contribution < 1.29 is 0 Å². The monoisotopic (exact) mass is 472 g/mol. The fourth-order valence-electron chi connectivity index (χ4n) is 7.84. The van der Waals surface area contributed by atoms with Gasteiger partial charge in [-0.3, -0.25) is 0 Å². The van der Waals surface area contributed by atoms with Gasteiger partial charge in [-0.05, 0) is 91.8 Å². The highest BCUT2D eigenvalue weighted by Gasteiger charge is 2.58. The summed E-state index contributed by atoms with van der Waals surface area (Å²) in [5.41, 5.74) is 13.5. The van der Waals surface area contributed by atoms with Gasteiger partial charge in [-0.1, -0.05) is 110 Å². The second-order valence-electron chi connectivity index (χ2n) is 13.4. The predicted octanol–water partition coefficient (Wildman–Crippen LogP) is 7.90. The Morgan fingerprint density at radius 2 is 1.53 bits per heavy atom. The van der Waals surface area contributed by atoms with Crippen LogP contribution in [0.15, 0.2) is 77.9 Å². The van der Waals surface area contributed by atoms with Gasteiger partial charge >= 0.3 is 0 Å². The first kappa shape index (κ1) is 23.5. The van der Waals surface area contributed by atoms with Gasteiger partial charge in [0.25, 0.3) is 0 Å². The van der Waals surface area contributed by atoms with E-state index in [0.29, 0.717) is 0 Å². The zero-order valence-electron chi connectivity index (χ0n) is 23.4. The largest absolute Gasteiger partial charge is 0.0991 e. The normalized spacial score (nSPS) is 27.3. The summed E-state index contributed by atoms with van der Waals surface area (Å²) in [6, 6.07) is 14.1. The summed E-state index contributed by atoms with van der Waals surface area (Å²) in [4.78, 5) is 0. The summed E-state index contributed by atoms with van der Waals surface area (Å²) in [5, 5.41) is 2.77. The number of hydrogen-bond acceptors (Lipinski definition) is 0. The van der Waals surface area contributed by atoms with Crippen LogP contribution in [0, 0.1) is 10.8 Å². The van der Waals surface area contributed by atoms with Gasteiger partial charge in [0.15, 0.2) is 0 Å². The molecule has 184 valence electrons. The van der Waals surface area contributed by atoms with Crippen LogP contribution >= 0.6 is 0 Å². The Balaban J connectivity index is 1.80. The van der Waals surface area contributed by atoms with E-state index >= 15 is 0 Å². The Morgan fingerprint density at radius 3 is 2.25 bits per heavy atom. The minimum absolute atomic E-state index is 0.0373. The van der Waals surface area contributed by atoms with Crippen LogP contribution in [0.3, 0.4) is 0 Å². The van der Waals surface area contributed by atoms with Crippen molar-refractivity contribution in [1.29, 1.82) is 0 Å². The minimum Gasteiger partial charge on any atom is -0.0991 e. The number of benzene rings is 2. The minimum atomic E-state index is -0.105. The zero-order chi connectivity index (χ0) is 25.8. The van der Waals surface area contributed by atoms with E-state index in [1.807, 2.05) is 6.08 Å². The second-order valence-corrected chi connectivity index (χ2v) is 13.4. The van der Waals surface area contributed by atoms with Crippen molar-refractivity contribution in [1.82, 2.24) is 0 Å². The lowest BCUT2D eigenvalue weighted by atomic mass is 9.57. The van der Waals surface area contributed by atoms with Crippen molar-refractivity contribution in [3.63, 3.8) is 0 Å². The molecule has 0 spiro atoms. The standard InChI is InChI=1S/C36H40/c1-10-13-26-29-22(2)16-19-36(9)32(29)30-27(34(26,5)6)20-24(21-28(30)35(36,7)8)31-25-15-12-11-14-23(25)17-18-33(31,3)4/h10-17,20-21H,1,18-19H2,2-9H3/b26-13+. The van der Waals surface area contributed by atoms with E-state index in [1.165, 1.54) is 55.0 Å². The Hall–Kier alpha value is -2.86. The Bertz CT molecular complexity index is 1570. The first-order chi connectivity index (χ1) is 16.9. The van der Waals surface area contributed by atoms with Crippen molar-refractivity contribution in [3.05, 3.63) is 111 Å². The Morgan fingerprint density at radius 1 is 0.833 bits per heavy atom. The van der Waals surface area contributed by atoms with Crippen LogP contribution in [0.1, 0.15) is 90.5 Å². The van der Waals surface area contributed by atoms with E-state index < -0.39 is 0 Å². The highest BCUT2D eigenvalue weighted by molar-refractivity contribution is 5.95. The summed E-state index contributed by atoms with van der Waals surface area (Å²) in [5.74, 6) is 0. The van der Waals surface area contributed by atoms with E-state index in [1.54, 1.807) is 5.57 Å². The van der Waals surface area contributed by atoms with Crippen LogP contribution in [0.5, 0.6) is 0 Å². The third-order valence-electron chi connectivity index (χ3n) is 10.4. The predicted molar refractivity (Wildman–Crippen MR) is 155 cm³/mol. The number of allylic oxidation sites excluding steroid dienone is 7. The molecule has 0 saturated heterocycles. The molecule has 0 bridgehead atoms. The lowest BCUT2D eigenvalue weighted by Crippen LogP contribution is -2.37. The molecular formula is C36H40. The van der Waals surface area contributed by atoms with Gasteiger partial charge in [-0.2, -0.15) is 0 Å². The fraction of sp³-hybridized carbons (Fsp3) is 0.389. The smallest absolute Gasteiger partial charge is 0.0159 e. The van der Waals surface area contributed by atoms with Gasteiger partial charge in [0.1, 0.15) is 0 Å². The Labute approximate surface area is 217 Å². The number of fused-ring (bicyclic) bond motifs is 1. The van der Waals surface area contributed by atoms with Crippen molar-refractivity contribution >= 4 is 17.2 Å². The van der Waals surface area contributed by atoms with E-state index in [0.717, 1.165) is 12.8 Å². The molecule has 0 saturated carbocycles. The van der Waals surface area contributed by atoms with Crippen molar-refractivity contribution in [3.8, 4) is 0 Å². The highest BCUT2D eigenvalue weighted by Crippen LogP contribution is 2.68. The summed E-state index contributed by atoms with van der Waals surface area (Å²) in [6.07, 6.45) is 11.4. The van der Waals surface area contributed by atoms with E-state index in [4.69, 9.17) is 0 Å². The summed E-state index contributed by atoms with van der Waals surface area (Å²) in [7, 11) is 0.